The highest BCUT2D eigenvalue weighted by Gasteiger charge is 2.41. The molecule has 1 aliphatic rings. The second-order valence-corrected chi connectivity index (χ2v) is 9.50. The third kappa shape index (κ3) is 5.05. The summed E-state index contributed by atoms with van der Waals surface area (Å²) in [6.07, 6.45) is 2.23. The maximum atomic E-state index is 13.0. The van der Waals surface area contributed by atoms with Gasteiger partial charge in [0.2, 0.25) is 5.95 Å². The zero-order chi connectivity index (χ0) is 24.7. The Morgan fingerprint density at radius 1 is 1.21 bits per heavy atom. The summed E-state index contributed by atoms with van der Waals surface area (Å²) < 4.78 is 40.8. The molecule has 1 fully saturated rings. The minimum Gasteiger partial charge on any atom is -0.481 e. The van der Waals surface area contributed by atoms with E-state index in [1.54, 1.807) is 12.3 Å². The number of benzene rings is 1. The van der Waals surface area contributed by atoms with E-state index in [9.17, 15) is 23.1 Å². The largest absolute Gasteiger partial charge is 0.481 e. The number of hydrogen-bond donors (Lipinski definition) is 2. The Balaban J connectivity index is 1.55. The molecule has 0 spiro atoms. The molecule has 34 heavy (non-hydrogen) atoms. The molecule has 0 amide bonds. The van der Waals surface area contributed by atoms with Crippen LogP contribution in [0, 0.1) is 18.3 Å². The van der Waals surface area contributed by atoms with Crippen molar-refractivity contribution in [3.63, 3.8) is 0 Å². The zero-order valence-electron chi connectivity index (χ0n) is 19.1. The number of carboxylic acids is 1. The van der Waals surface area contributed by atoms with Gasteiger partial charge in [0, 0.05) is 23.6 Å². The Morgan fingerprint density at radius 2 is 1.97 bits per heavy atom. The quantitative estimate of drug-likeness (QED) is 0.482. The minimum absolute atomic E-state index is 0.0975. The first-order valence-electron chi connectivity index (χ1n) is 11.0. The van der Waals surface area contributed by atoms with Crippen LogP contribution in [-0.2, 0) is 11.0 Å². The van der Waals surface area contributed by atoms with Gasteiger partial charge in [0.1, 0.15) is 5.69 Å². The van der Waals surface area contributed by atoms with Crippen LogP contribution in [0.4, 0.5) is 24.8 Å². The van der Waals surface area contributed by atoms with E-state index in [-0.39, 0.29) is 23.3 Å². The first-order chi connectivity index (χ1) is 15.9. The van der Waals surface area contributed by atoms with Crippen LogP contribution in [-0.4, -0.2) is 30.8 Å². The average molecular weight is 473 g/mol. The molecule has 0 aliphatic heterocycles. The van der Waals surface area contributed by atoms with Crippen molar-refractivity contribution in [3.8, 4) is 11.1 Å². The number of aromatic nitrogens is 4. The molecule has 2 atom stereocenters. The molecule has 2 unspecified atom stereocenters. The molecule has 180 valence electrons. The lowest BCUT2D eigenvalue weighted by Crippen LogP contribution is -2.38. The van der Waals surface area contributed by atoms with Gasteiger partial charge in [-0.1, -0.05) is 19.9 Å². The van der Waals surface area contributed by atoms with E-state index in [0.29, 0.717) is 18.5 Å². The van der Waals surface area contributed by atoms with Crippen LogP contribution >= 0.6 is 0 Å². The Morgan fingerprint density at radius 3 is 2.65 bits per heavy atom. The smallest absolute Gasteiger partial charge is 0.433 e. The first kappa shape index (κ1) is 23.7. The van der Waals surface area contributed by atoms with Crippen molar-refractivity contribution in [1.29, 1.82) is 0 Å². The van der Waals surface area contributed by atoms with Crippen molar-refractivity contribution in [2.24, 2.45) is 11.3 Å². The molecule has 0 saturated heterocycles. The van der Waals surface area contributed by atoms with Crippen LogP contribution in [0.2, 0.25) is 0 Å². The summed E-state index contributed by atoms with van der Waals surface area (Å²) in [6, 6.07) is 6.49. The molecule has 0 bridgehead atoms. The third-order valence-corrected chi connectivity index (χ3v) is 6.38. The average Bonchev–Trinajstić information content (AvgIpc) is 3.22. The van der Waals surface area contributed by atoms with Gasteiger partial charge in [-0.05, 0) is 60.9 Å². The first-order valence-corrected chi connectivity index (χ1v) is 11.0. The second-order valence-electron chi connectivity index (χ2n) is 9.50. The van der Waals surface area contributed by atoms with E-state index in [1.165, 1.54) is 0 Å². The van der Waals surface area contributed by atoms with Crippen molar-refractivity contribution < 1.29 is 23.1 Å². The minimum atomic E-state index is -4.55. The van der Waals surface area contributed by atoms with Crippen molar-refractivity contribution in [2.75, 3.05) is 5.32 Å². The lowest BCUT2D eigenvalue weighted by molar-refractivity contribution is -0.148. The summed E-state index contributed by atoms with van der Waals surface area (Å²) in [7, 11) is 0. The van der Waals surface area contributed by atoms with E-state index in [1.807, 2.05) is 43.8 Å². The van der Waals surface area contributed by atoms with Crippen molar-refractivity contribution in [3.05, 3.63) is 54.1 Å². The monoisotopic (exact) mass is 473 g/mol. The fourth-order valence-corrected chi connectivity index (χ4v) is 4.70. The van der Waals surface area contributed by atoms with Gasteiger partial charge < -0.3 is 10.4 Å². The number of nitrogens with zero attached hydrogens (tertiary/aromatic N) is 4. The molecule has 7 nitrogen and oxygen atoms in total. The highest BCUT2D eigenvalue weighted by molar-refractivity contribution is 5.71. The Hall–Kier alpha value is -3.43. The van der Waals surface area contributed by atoms with Gasteiger partial charge in [-0.3, -0.25) is 9.48 Å². The number of carbonyl (C=O) groups is 1. The van der Waals surface area contributed by atoms with Gasteiger partial charge in [0.15, 0.2) is 0 Å². The molecule has 1 aliphatic carbocycles. The molecule has 4 rings (SSSR count). The van der Waals surface area contributed by atoms with Gasteiger partial charge in [0.25, 0.3) is 0 Å². The maximum Gasteiger partial charge on any atom is 0.433 e. The molecule has 2 N–H and O–H groups in total. The zero-order valence-corrected chi connectivity index (χ0v) is 19.1. The molecular formula is C24H26F3N5O2. The number of halogens is 3. The number of nitrogens with one attached hydrogen (secondary N) is 1. The molecule has 0 radical (unpaired) electrons. The summed E-state index contributed by atoms with van der Waals surface area (Å²) in [5.74, 6) is -1.27. The Bertz CT molecular complexity index is 1210. The molecule has 2 aromatic heterocycles. The van der Waals surface area contributed by atoms with E-state index in [0.717, 1.165) is 35.4 Å². The summed E-state index contributed by atoms with van der Waals surface area (Å²) in [5.41, 5.74) is 1.81. The highest BCUT2D eigenvalue weighted by Crippen LogP contribution is 2.45. The van der Waals surface area contributed by atoms with Crippen LogP contribution < -0.4 is 5.32 Å². The van der Waals surface area contributed by atoms with Crippen LogP contribution in [0.15, 0.2) is 42.9 Å². The summed E-state index contributed by atoms with van der Waals surface area (Å²) in [4.78, 5) is 19.0. The number of carboxylic acid groups (broad SMARTS) is 1. The fraction of sp³-hybridized carbons (Fsp3) is 0.417. The van der Waals surface area contributed by atoms with Crippen molar-refractivity contribution in [1.82, 2.24) is 19.7 Å². The fourth-order valence-electron chi connectivity index (χ4n) is 4.70. The van der Waals surface area contributed by atoms with Crippen LogP contribution in [0.1, 0.15) is 50.4 Å². The molecule has 1 aromatic carbocycles. The standard InChI is InChI=1S/C24H26F3N5O2/c1-14-8-15(10-17(9-14)30-22-28-7-6-20(31-22)24(25,26)27)16-12-29-32(13-16)18-4-5-19(21(33)34)23(2,3)11-18/h6-10,12-13,18-19H,4-5,11H2,1-3H3,(H,33,34)(H,28,30,31). The topological polar surface area (TPSA) is 92.9 Å². The van der Waals surface area contributed by atoms with Crippen molar-refractivity contribution in [2.45, 2.75) is 52.3 Å². The van der Waals surface area contributed by atoms with Crippen LogP contribution in [0.5, 0.6) is 0 Å². The normalized spacial score (nSPS) is 20.2. The van der Waals surface area contributed by atoms with Gasteiger partial charge in [-0.2, -0.15) is 18.3 Å². The van der Waals surface area contributed by atoms with E-state index in [4.69, 9.17) is 0 Å². The SMILES string of the molecule is Cc1cc(Nc2nccc(C(F)(F)F)n2)cc(-c2cnn(C3CCC(C(=O)O)C(C)(C)C3)c2)c1. The van der Waals surface area contributed by atoms with Gasteiger partial charge >= 0.3 is 12.1 Å². The summed E-state index contributed by atoms with van der Waals surface area (Å²) in [6.45, 7) is 5.86. The van der Waals surface area contributed by atoms with E-state index < -0.39 is 17.8 Å². The summed E-state index contributed by atoms with van der Waals surface area (Å²) in [5, 5.41) is 16.9. The highest BCUT2D eigenvalue weighted by atomic mass is 19.4. The number of rotatable bonds is 5. The molecular weight excluding hydrogens is 447 g/mol. The molecule has 10 heteroatoms. The lowest BCUT2D eigenvalue weighted by atomic mass is 9.67. The number of anilines is 2. The molecule has 1 saturated carbocycles. The van der Waals surface area contributed by atoms with E-state index in [2.05, 4.69) is 20.4 Å². The number of aryl methyl sites for hydroxylation is 1. The molecule has 2 heterocycles. The van der Waals surface area contributed by atoms with Crippen LogP contribution in [0.25, 0.3) is 11.1 Å². The van der Waals surface area contributed by atoms with E-state index >= 15 is 0 Å². The Labute approximate surface area is 195 Å². The third-order valence-electron chi connectivity index (χ3n) is 6.38. The van der Waals surface area contributed by atoms with Gasteiger partial charge in [-0.25, -0.2) is 9.97 Å². The number of alkyl halides is 3. The predicted octanol–water partition coefficient (Wildman–Crippen LogP) is 5.86. The Kier molecular flexibility index (Phi) is 6.09. The number of hydrogen-bond acceptors (Lipinski definition) is 5. The predicted molar refractivity (Wildman–Crippen MR) is 121 cm³/mol. The van der Waals surface area contributed by atoms with Gasteiger partial charge in [-0.15, -0.1) is 0 Å². The lowest BCUT2D eigenvalue weighted by Gasteiger charge is -2.40. The maximum absolute atomic E-state index is 13.0. The second kappa shape index (κ2) is 8.73. The number of aliphatic carboxylic acids is 1. The summed E-state index contributed by atoms with van der Waals surface area (Å²) >= 11 is 0. The molecule has 3 aromatic rings. The van der Waals surface area contributed by atoms with Crippen LogP contribution in [0.3, 0.4) is 0 Å². The van der Waals surface area contributed by atoms with Crippen molar-refractivity contribution >= 4 is 17.6 Å². The van der Waals surface area contributed by atoms with Gasteiger partial charge in [0.05, 0.1) is 18.2 Å².